The van der Waals surface area contributed by atoms with Gasteiger partial charge in [0.2, 0.25) is 10.0 Å². The Hall–Kier alpha value is -2.54. The Morgan fingerprint density at radius 3 is 2.42 bits per heavy atom. The number of hydrogen-bond donors (Lipinski definition) is 3. The molecule has 0 radical (unpaired) electrons. The summed E-state index contributed by atoms with van der Waals surface area (Å²) in [6.07, 6.45) is 0. The Morgan fingerprint density at radius 1 is 1.08 bits per heavy atom. The van der Waals surface area contributed by atoms with E-state index in [1.165, 1.54) is 0 Å². The zero-order valence-electron chi connectivity index (χ0n) is 13.7. The molecule has 2 amide bonds. The first-order valence-corrected chi connectivity index (χ1v) is 9.25. The van der Waals surface area contributed by atoms with E-state index < -0.39 is 10.0 Å². The quantitative estimate of drug-likeness (QED) is 0.750. The molecule has 2 aromatic rings. The molecule has 0 heterocycles. The van der Waals surface area contributed by atoms with E-state index in [1.54, 1.807) is 32.0 Å². The largest absolute Gasteiger partial charge is 0.334 e. The van der Waals surface area contributed by atoms with E-state index in [0.29, 0.717) is 17.9 Å². The highest BCUT2D eigenvalue weighted by Crippen LogP contribution is 2.20. The van der Waals surface area contributed by atoms with Crippen LogP contribution in [0.15, 0.2) is 48.5 Å². The van der Waals surface area contributed by atoms with Crippen molar-refractivity contribution in [3.8, 4) is 0 Å². The second-order valence-electron chi connectivity index (χ2n) is 5.33. The van der Waals surface area contributed by atoms with Crippen LogP contribution in [0.25, 0.3) is 0 Å². The van der Waals surface area contributed by atoms with E-state index in [2.05, 4.69) is 15.4 Å². The number of nitrogens with one attached hydrogen (secondary N) is 3. The summed E-state index contributed by atoms with van der Waals surface area (Å²) in [5, 5.41) is 5.50. The fourth-order valence-corrected chi connectivity index (χ4v) is 2.76. The van der Waals surface area contributed by atoms with Crippen LogP contribution in [0.2, 0.25) is 0 Å². The minimum Gasteiger partial charge on any atom is -0.334 e. The Balaban J connectivity index is 1.95. The van der Waals surface area contributed by atoms with Gasteiger partial charge in [0.25, 0.3) is 0 Å². The Morgan fingerprint density at radius 2 is 1.79 bits per heavy atom. The van der Waals surface area contributed by atoms with Crippen molar-refractivity contribution in [1.82, 2.24) is 5.32 Å². The zero-order chi connectivity index (χ0) is 17.6. The third-order valence-electron chi connectivity index (χ3n) is 3.43. The molecule has 6 nitrogen and oxygen atoms in total. The lowest BCUT2D eigenvalue weighted by Crippen LogP contribution is -2.28. The number of carbonyl (C=O) groups is 1. The summed E-state index contributed by atoms with van der Waals surface area (Å²) in [7, 11) is -3.32. The molecule has 0 aliphatic heterocycles. The van der Waals surface area contributed by atoms with Crippen LogP contribution in [0.4, 0.5) is 16.2 Å². The van der Waals surface area contributed by atoms with E-state index in [1.807, 2.05) is 30.3 Å². The summed E-state index contributed by atoms with van der Waals surface area (Å²) >= 11 is 0. The second kappa shape index (κ2) is 7.83. The van der Waals surface area contributed by atoms with E-state index in [-0.39, 0.29) is 11.8 Å². The van der Waals surface area contributed by atoms with Gasteiger partial charge < -0.3 is 10.6 Å². The molecular formula is C17H21N3O3S. The average Bonchev–Trinajstić information content (AvgIpc) is 2.56. The highest BCUT2D eigenvalue weighted by atomic mass is 32.2. The van der Waals surface area contributed by atoms with Crippen LogP contribution in [0.1, 0.15) is 18.1 Å². The summed E-state index contributed by atoms with van der Waals surface area (Å²) in [4.78, 5) is 11.9. The van der Waals surface area contributed by atoms with Gasteiger partial charge in [-0.3, -0.25) is 4.72 Å². The Kier molecular flexibility index (Phi) is 5.81. The van der Waals surface area contributed by atoms with Gasteiger partial charge in [0.15, 0.2) is 0 Å². The van der Waals surface area contributed by atoms with Crippen LogP contribution in [0.3, 0.4) is 0 Å². The van der Waals surface area contributed by atoms with Crippen molar-refractivity contribution >= 4 is 27.4 Å². The molecule has 0 saturated heterocycles. The van der Waals surface area contributed by atoms with Gasteiger partial charge in [-0.05, 0) is 43.2 Å². The van der Waals surface area contributed by atoms with Crippen LogP contribution in [-0.2, 0) is 16.6 Å². The van der Waals surface area contributed by atoms with Gasteiger partial charge >= 0.3 is 6.03 Å². The first kappa shape index (κ1) is 17.8. The molecule has 0 unspecified atom stereocenters. The van der Waals surface area contributed by atoms with Crippen LogP contribution in [0, 0.1) is 6.92 Å². The molecule has 2 aromatic carbocycles. The van der Waals surface area contributed by atoms with Gasteiger partial charge in [0, 0.05) is 12.2 Å². The van der Waals surface area contributed by atoms with Crippen LogP contribution < -0.4 is 15.4 Å². The van der Waals surface area contributed by atoms with Gasteiger partial charge in [-0.2, -0.15) is 0 Å². The van der Waals surface area contributed by atoms with Crippen molar-refractivity contribution in [3.63, 3.8) is 0 Å². The SMILES string of the molecule is CCS(=O)(=O)Nc1ccc(NC(=O)NCc2ccccc2)cc1C. The van der Waals surface area contributed by atoms with Crippen molar-refractivity contribution in [1.29, 1.82) is 0 Å². The Bertz CT molecular complexity index is 805. The van der Waals surface area contributed by atoms with Crippen LogP contribution >= 0.6 is 0 Å². The number of anilines is 2. The van der Waals surface area contributed by atoms with Crippen molar-refractivity contribution < 1.29 is 13.2 Å². The molecule has 0 fully saturated rings. The van der Waals surface area contributed by atoms with E-state index in [4.69, 9.17) is 0 Å². The maximum atomic E-state index is 11.9. The minimum absolute atomic E-state index is 0.00827. The molecule has 0 aliphatic carbocycles. The lowest BCUT2D eigenvalue weighted by Gasteiger charge is -2.12. The fourth-order valence-electron chi connectivity index (χ4n) is 2.05. The first-order chi connectivity index (χ1) is 11.4. The van der Waals surface area contributed by atoms with Gasteiger partial charge in [0.05, 0.1) is 11.4 Å². The molecule has 2 rings (SSSR count). The van der Waals surface area contributed by atoms with Gasteiger partial charge in [0.1, 0.15) is 0 Å². The summed E-state index contributed by atoms with van der Waals surface area (Å²) in [6, 6.07) is 14.3. The number of amides is 2. The maximum absolute atomic E-state index is 11.9. The predicted molar refractivity (Wildman–Crippen MR) is 96.6 cm³/mol. The normalized spacial score (nSPS) is 10.9. The molecule has 0 aliphatic rings. The predicted octanol–water partition coefficient (Wildman–Crippen LogP) is 3.08. The van der Waals surface area contributed by atoms with Gasteiger partial charge in [-0.25, -0.2) is 13.2 Å². The second-order valence-corrected chi connectivity index (χ2v) is 7.34. The van der Waals surface area contributed by atoms with Crippen LogP contribution in [-0.4, -0.2) is 20.2 Å². The minimum atomic E-state index is -3.32. The molecule has 128 valence electrons. The van der Waals surface area contributed by atoms with Crippen LogP contribution in [0.5, 0.6) is 0 Å². The summed E-state index contributed by atoms with van der Waals surface area (Å²) < 4.78 is 25.7. The molecule has 24 heavy (non-hydrogen) atoms. The maximum Gasteiger partial charge on any atom is 0.319 e. The van der Waals surface area contributed by atoms with E-state index in [9.17, 15) is 13.2 Å². The molecule has 7 heteroatoms. The lowest BCUT2D eigenvalue weighted by atomic mass is 10.2. The Labute approximate surface area is 142 Å². The fraction of sp³-hybridized carbons (Fsp3) is 0.235. The van der Waals surface area contributed by atoms with Crippen molar-refractivity contribution in [2.45, 2.75) is 20.4 Å². The van der Waals surface area contributed by atoms with Crippen molar-refractivity contribution in [3.05, 3.63) is 59.7 Å². The highest BCUT2D eigenvalue weighted by Gasteiger charge is 2.10. The summed E-state index contributed by atoms with van der Waals surface area (Å²) in [5.74, 6) is 0.00827. The number of urea groups is 1. The zero-order valence-corrected chi connectivity index (χ0v) is 14.5. The van der Waals surface area contributed by atoms with E-state index in [0.717, 1.165) is 11.1 Å². The van der Waals surface area contributed by atoms with E-state index >= 15 is 0 Å². The monoisotopic (exact) mass is 347 g/mol. The van der Waals surface area contributed by atoms with Gasteiger partial charge in [-0.15, -0.1) is 0 Å². The first-order valence-electron chi connectivity index (χ1n) is 7.59. The third kappa shape index (κ3) is 5.27. The number of sulfonamides is 1. The summed E-state index contributed by atoms with van der Waals surface area (Å²) in [5.41, 5.74) is 2.84. The number of benzene rings is 2. The van der Waals surface area contributed by atoms with Crippen molar-refractivity contribution in [2.75, 3.05) is 15.8 Å². The third-order valence-corrected chi connectivity index (χ3v) is 4.72. The molecule has 0 aromatic heterocycles. The van der Waals surface area contributed by atoms with Crippen molar-refractivity contribution in [2.24, 2.45) is 0 Å². The standard InChI is InChI=1S/C17H21N3O3S/c1-3-24(22,23)20-16-10-9-15(11-13(16)2)19-17(21)18-12-14-7-5-4-6-8-14/h4-11,20H,3,12H2,1-2H3,(H2,18,19,21). The lowest BCUT2D eigenvalue weighted by molar-refractivity contribution is 0.251. The molecule has 0 bridgehead atoms. The number of hydrogen-bond acceptors (Lipinski definition) is 3. The molecule has 0 saturated carbocycles. The molecule has 0 spiro atoms. The summed E-state index contributed by atoms with van der Waals surface area (Å²) in [6.45, 7) is 3.78. The average molecular weight is 347 g/mol. The molecular weight excluding hydrogens is 326 g/mol. The number of rotatable bonds is 6. The molecule has 3 N–H and O–H groups in total. The number of aryl methyl sites for hydroxylation is 1. The topological polar surface area (TPSA) is 87.3 Å². The number of carbonyl (C=O) groups excluding carboxylic acids is 1. The molecule has 0 atom stereocenters. The smallest absolute Gasteiger partial charge is 0.319 e. The van der Waals surface area contributed by atoms with Gasteiger partial charge in [-0.1, -0.05) is 30.3 Å². The highest BCUT2D eigenvalue weighted by molar-refractivity contribution is 7.92.